The Hall–Kier alpha value is -1.59. The monoisotopic (exact) mass is 356 g/mol. The SMILES string of the molecule is CCCCC(=O)N[C@@](C)(CCC(=O)O)C(=O)N(CCCC)CCCC. The molecule has 0 bridgehead atoms. The maximum atomic E-state index is 13.1. The minimum absolute atomic E-state index is 0.105. The van der Waals surface area contributed by atoms with E-state index < -0.39 is 11.5 Å². The molecule has 6 heteroatoms. The number of carbonyl (C=O) groups excluding carboxylic acids is 2. The van der Waals surface area contributed by atoms with E-state index in [1.165, 1.54) is 0 Å². The fourth-order valence-corrected chi connectivity index (χ4v) is 2.65. The Labute approximate surface area is 152 Å². The number of carboxylic acids is 1. The first-order valence-corrected chi connectivity index (χ1v) is 9.62. The molecule has 0 aromatic heterocycles. The van der Waals surface area contributed by atoms with Gasteiger partial charge in [-0.05, 0) is 32.6 Å². The molecule has 146 valence electrons. The number of nitrogens with one attached hydrogen (secondary N) is 1. The number of amides is 2. The molecule has 0 aliphatic rings. The van der Waals surface area contributed by atoms with Crippen molar-refractivity contribution in [2.45, 2.75) is 91.0 Å². The summed E-state index contributed by atoms with van der Waals surface area (Å²) in [4.78, 5) is 38.1. The standard InChI is InChI=1S/C19H36N2O4/c1-5-8-11-16(22)20-19(4,13-12-17(23)24)18(25)21(14-9-6-2)15-10-7-3/h5-15H2,1-4H3,(H,20,22)(H,23,24)/t19-/m0/s1. The van der Waals surface area contributed by atoms with Crippen molar-refractivity contribution in [2.75, 3.05) is 13.1 Å². The van der Waals surface area contributed by atoms with E-state index >= 15 is 0 Å². The third kappa shape index (κ3) is 9.46. The van der Waals surface area contributed by atoms with Crippen LogP contribution in [-0.2, 0) is 14.4 Å². The van der Waals surface area contributed by atoms with Crippen molar-refractivity contribution in [1.82, 2.24) is 10.2 Å². The van der Waals surface area contributed by atoms with E-state index in [1.54, 1.807) is 11.8 Å². The number of hydrogen-bond acceptors (Lipinski definition) is 3. The zero-order valence-corrected chi connectivity index (χ0v) is 16.4. The van der Waals surface area contributed by atoms with Gasteiger partial charge in [-0.3, -0.25) is 14.4 Å². The highest BCUT2D eigenvalue weighted by Gasteiger charge is 2.38. The van der Waals surface area contributed by atoms with Gasteiger partial charge in [-0.1, -0.05) is 40.0 Å². The highest BCUT2D eigenvalue weighted by atomic mass is 16.4. The quantitative estimate of drug-likeness (QED) is 0.500. The van der Waals surface area contributed by atoms with Crippen LogP contribution in [0.2, 0.25) is 0 Å². The fourth-order valence-electron chi connectivity index (χ4n) is 2.65. The van der Waals surface area contributed by atoms with Crippen molar-refractivity contribution in [2.24, 2.45) is 0 Å². The molecule has 0 unspecified atom stereocenters. The van der Waals surface area contributed by atoms with Gasteiger partial charge in [-0.25, -0.2) is 0 Å². The molecular formula is C19H36N2O4. The molecular weight excluding hydrogens is 320 g/mol. The van der Waals surface area contributed by atoms with E-state index in [9.17, 15) is 14.4 Å². The van der Waals surface area contributed by atoms with Gasteiger partial charge < -0.3 is 15.3 Å². The zero-order valence-electron chi connectivity index (χ0n) is 16.4. The number of carboxylic acid groups (broad SMARTS) is 1. The van der Waals surface area contributed by atoms with Gasteiger partial charge in [0, 0.05) is 25.9 Å². The number of aliphatic carboxylic acids is 1. The highest BCUT2D eigenvalue weighted by molar-refractivity contribution is 5.91. The number of carbonyl (C=O) groups is 3. The Morgan fingerprint density at radius 2 is 1.44 bits per heavy atom. The first-order valence-electron chi connectivity index (χ1n) is 9.62. The largest absolute Gasteiger partial charge is 0.481 e. The molecule has 25 heavy (non-hydrogen) atoms. The number of hydrogen-bond donors (Lipinski definition) is 2. The second-order valence-electron chi connectivity index (χ2n) is 6.88. The molecule has 0 spiro atoms. The van der Waals surface area contributed by atoms with Crippen LogP contribution in [0.5, 0.6) is 0 Å². The second-order valence-corrected chi connectivity index (χ2v) is 6.88. The summed E-state index contributed by atoms with van der Waals surface area (Å²) >= 11 is 0. The Morgan fingerprint density at radius 3 is 1.88 bits per heavy atom. The van der Waals surface area contributed by atoms with E-state index in [0.29, 0.717) is 19.5 Å². The molecule has 1 atom stereocenters. The average Bonchev–Trinajstić information content (AvgIpc) is 2.57. The lowest BCUT2D eigenvalue weighted by molar-refractivity contribution is -0.143. The van der Waals surface area contributed by atoms with Crippen LogP contribution in [-0.4, -0.2) is 46.4 Å². The minimum atomic E-state index is -1.16. The van der Waals surface area contributed by atoms with Gasteiger partial charge in [0.05, 0.1) is 0 Å². The molecule has 0 radical (unpaired) electrons. The molecule has 0 aliphatic heterocycles. The summed E-state index contributed by atoms with van der Waals surface area (Å²) in [6.45, 7) is 9.08. The van der Waals surface area contributed by atoms with Crippen molar-refractivity contribution in [3.8, 4) is 0 Å². The van der Waals surface area contributed by atoms with Crippen LogP contribution in [0.15, 0.2) is 0 Å². The van der Waals surface area contributed by atoms with E-state index in [1.807, 2.05) is 6.92 Å². The van der Waals surface area contributed by atoms with Gasteiger partial charge in [0.1, 0.15) is 5.54 Å². The van der Waals surface area contributed by atoms with Gasteiger partial charge in [0.15, 0.2) is 0 Å². The van der Waals surface area contributed by atoms with Crippen molar-refractivity contribution < 1.29 is 19.5 Å². The Bertz CT molecular complexity index is 418. The maximum Gasteiger partial charge on any atom is 0.303 e. The molecule has 0 aromatic rings. The summed E-state index contributed by atoms with van der Waals surface area (Å²) < 4.78 is 0. The normalized spacial score (nSPS) is 13.1. The second kappa shape index (κ2) is 12.7. The van der Waals surface area contributed by atoms with E-state index in [4.69, 9.17) is 5.11 Å². The lowest BCUT2D eigenvalue weighted by Gasteiger charge is -2.35. The molecule has 6 nitrogen and oxygen atoms in total. The predicted octanol–water partition coefficient (Wildman–Crippen LogP) is 3.35. The molecule has 0 heterocycles. The smallest absolute Gasteiger partial charge is 0.303 e. The summed E-state index contributed by atoms with van der Waals surface area (Å²) in [7, 11) is 0. The number of nitrogens with zero attached hydrogens (tertiary/aromatic N) is 1. The van der Waals surface area contributed by atoms with E-state index in [-0.39, 0.29) is 24.7 Å². The Balaban J connectivity index is 5.24. The van der Waals surface area contributed by atoms with Crippen LogP contribution in [0.4, 0.5) is 0 Å². The molecule has 0 fully saturated rings. The summed E-state index contributed by atoms with van der Waals surface area (Å²) in [6, 6.07) is 0. The zero-order chi connectivity index (χ0) is 19.3. The van der Waals surface area contributed by atoms with E-state index in [0.717, 1.165) is 38.5 Å². The highest BCUT2D eigenvalue weighted by Crippen LogP contribution is 2.18. The maximum absolute atomic E-state index is 13.1. The number of rotatable bonds is 14. The molecule has 0 rings (SSSR count). The van der Waals surface area contributed by atoms with Crippen LogP contribution in [0, 0.1) is 0 Å². The Kier molecular flexibility index (Phi) is 11.9. The van der Waals surface area contributed by atoms with Gasteiger partial charge in [-0.15, -0.1) is 0 Å². The van der Waals surface area contributed by atoms with Crippen LogP contribution in [0.3, 0.4) is 0 Å². The first kappa shape index (κ1) is 23.4. The molecule has 2 amide bonds. The first-order chi connectivity index (χ1) is 11.8. The topological polar surface area (TPSA) is 86.7 Å². The van der Waals surface area contributed by atoms with Crippen molar-refractivity contribution in [3.63, 3.8) is 0 Å². The number of unbranched alkanes of at least 4 members (excludes halogenated alkanes) is 3. The lowest BCUT2D eigenvalue weighted by Crippen LogP contribution is -2.58. The summed E-state index contributed by atoms with van der Waals surface area (Å²) in [6.07, 6.45) is 5.71. The van der Waals surface area contributed by atoms with Crippen LogP contribution in [0.1, 0.15) is 85.5 Å². The predicted molar refractivity (Wildman–Crippen MR) is 99.3 cm³/mol. The van der Waals surface area contributed by atoms with Crippen LogP contribution >= 0.6 is 0 Å². The molecule has 2 N–H and O–H groups in total. The van der Waals surface area contributed by atoms with E-state index in [2.05, 4.69) is 19.2 Å². The van der Waals surface area contributed by atoms with Crippen molar-refractivity contribution >= 4 is 17.8 Å². The minimum Gasteiger partial charge on any atom is -0.481 e. The molecule has 0 aromatic carbocycles. The van der Waals surface area contributed by atoms with Crippen LogP contribution < -0.4 is 5.32 Å². The van der Waals surface area contributed by atoms with Crippen LogP contribution in [0.25, 0.3) is 0 Å². The van der Waals surface area contributed by atoms with Gasteiger partial charge in [0.2, 0.25) is 11.8 Å². The van der Waals surface area contributed by atoms with Crippen molar-refractivity contribution in [3.05, 3.63) is 0 Å². The summed E-state index contributed by atoms with van der Waals surface area (Å²) in [5, 5.41) is 11.8. The Morgan fingerprint density at radius 1 is 0.920 bits per heavy atom. The third-order valence-electron chi connectivity index (χ3n) is 4.33. The fraction of sp³-hybridized carbons (Fsp3) is 0.842. The van der Waals surface area contributed by atoms with Gasteiger partial charge in [-0.2, -0.15) is 0 Å². The summed E-state index contributed by atoms with van der Waals surface area (Å²) in [5.74, 6) is -1.31. The van der Waals surface area contributed by atoms with Gasteiger partial charge in [0.25, 0.3) is 0 Å². The lowest BCUT2D eigenvalue weighted by atomic mass is 9.92. The molecule has 0 saturated heterocycles. The average molecular weight is 357 g/mol. The third-order valence-corrected chi connectivity index (χ3v) is 4.33. The summed E-state index contributed by atoms with van der Waals surface area (Å²) in [5.41, 5.74) is -1.16. The van der Waals surface area contributed by atoms with Gasteiger partial charge >= 0.3 is 5.97 Å². The molecule has 0 aliphatic carbocycles. The van der Waals surface area contributed by atoms with Crippen molar-refractivity contribution in [1.29, 1.82) is 0 Å². The molecule has 0 saturated carbocycles.